The van der Waals surface area contributed by atoms with E-state index in [2.05, 4.69) is 32.9 Å². The van der Waals surface area contributed by atoms with Gasteiger partial charge in [-0.05, 0) is 0 Å². The van der Waals surface area contributed by atoms with E-state index in [1.54, 1.807) is 22.3 Å². The average molecular weight is 413 g/mol. The quantitative estimate of drug-likeness (QED) is 0.405. The van der Waals surface area contributed by atoms with Gasteiger partial charge < -0.3 is 0 Å². The fourth-order valence-corrected chi connectivity index (χ4v) is 4.85. The van der Waals surface area contributed by atoms with Crippen LogP contribution in [0.4, 0.5) is 0 Å². The van der Waals surface area contributed by atoms with E-state index in [1.165, 1.54) is 57.8 Å². The molecule has 0 aliphatic carbocycles. The van der Waals surface area contributed by atoms with Crippen LogP contribution in [0.2, 0.25) is 0 Å². The zero-order chi connectivity index (χ0) is 15.7. The summed E-state index contributed by atoms with van der Waals surface area (Å²) < 4.78 is 0.555. The first-order valence-corrected chi connectivity index (χ1v) is 12.8. The molecule has 0 bridgehead atoms. The van der Waals surface area contributed by atoms with E-state index in [9.17, 15) is 0 Å². The summed E-state index contributed by atoms with van der Waals surface area (Å²) in [5.41, 5.74) is 6.57. The molecule has 0 saturated carbocycles. The number of hydrogen-bond donors (Lipinski definition) is 1. The molecule has 0 aliphatic heterocycles. The molecule has 0 nitrogen and oxygen atoms in total. The van der Waals surface area contributed by atoms with Gasteiger partial charge in [-0.2, -0.15) is 0 Å². The first-order valence-electron chi connectivity index (χ1n) is 8.97. The average Bonchev–Trinajstić information content (AvgIpc) is 2.48. The summed E-state index contributed by atoms with van der Waals surface area (Å²) in [5, 5.41) is 0. The maximum atomic E-state index is 4.82. The van der Waals surface area contributed by atoms with Gasteiger partial charge in [-0.15, -0.1) is 0 Å². The molecule has 0 N–H and O–H groups in total. The second kappa shape index (κ2) is 11.0. The summed E-state index contributed by atoms with van der Waals surface area (Å²) in [6, 6.07) is 4.82. The second-order valence-corrected chi connectivity index (χ2v) is 13.1. The number of rotatable bonds is 10. The monoisotopic (exact) mass is 414 g/mol. The summed E-state index contributed by atoms with van der Waals surface area (Å²) in [4.78, 5) is 0. The topological polar surface area (TPSA) is 0 Å². The zero-order valence-electron chi connectivity index (χ0n) is 14.5. The van der Waals surface area contributed by atoms with Gasteiger partial charge in [0.25, 0.3) is 0 Å². The van der Waals surface area contributed by atoms with E-state index in [-0.39, 0.29) is 0 Å². The van der Waals surface area contributed by atoms with Crippen molar-refractivity contribution in [2.24, 2.45) is 0 Å². The maximum absolute atomic E-state index is 4.82. The molecule has 0 radical (unpaired) electrons. The number of unbranched alkanes of at least 4 members (excludes halogenated alkanes) is 3. The van der Waals surface area contributed by atoms with Crippen LogP contribution in [-0.2, 0) is 19.3 Å². The molecule has 120 valence electrons. The third-order valence-electron chi connectivity index (χ3n) is 4.37. The number of aryl methyl sites for hydroxylation is 1. The van der Waals surface area contributed by atoms with Crippen molar-refractivity contribution in [3.05, 3.63) is 34.4 Å². The fourth-order valence-electron chi connectivity index (χ4n) is 3.07. The van der Waals surface area contributed by atoms with Gasteiger partial charge in [-0.25, -0.2) is 0 Å². The van der Waals surface area contributed by atoms with Crippen LogP contribution >= 0.6 is 12.6 Å². The van der Waals surface area contributed by atoms with Gasteiger partial charge >= 0.3 is 151 Å². The summed E-state index contributed by atoms with van der Waals surface area (Å²) in [5.74, 6) is 0. The Morgan fingerprint density at radius 3 is 1.90 bits per heavy atom. The molecule has 0 fully saturated rings. The van der Waals surface area contributed by atoms with Crippen molar-refractivity contribution in [1.82, 2.24) is 0 Å². The molecule has 1 aromatic rings. The standard InChI is InChI=1S/C19H31S.Sn.3H/c1-4-7-10-16-13-14-17(15-20)19(12-9-6-3)18(16)11-8-5-2;;;;/h13-15,20H,4-12H2,1-3H3;;;;. The Labute approximate surface area is 151 Å². The van der Waals surface area contributed by atoms with Crippen LogP contribution in [0.25, 0.3) is 0 Å². The molecule has 1 unspecified atom stereocenters. The summed E-state index contributed by atoms with van der Waals surface area (Å²) in [7, 11) is 0. The Morgan fingerprint density at radius 1 is 0.857 bits per heavy atom. The van der Waals surface area contributed by atoms with E-state index in [0.717, 1.165) is 0 Å². The minimum absolute atomic E-state index is 0.555. The van der Waals surface area contributed by atoms with E-state index < -0.39 is 0 Å². The summed E-state index contributed by atoms with van der Waals surface area (Å²) in [6.07, 6.45) is 11.6. The number of thiol groups is 1. The van der Waals surface area contributed by atoms with Crippen molar-refractivity contribution < 1.29 is 0 Å². The Bertz CT molecular complexity index is 412. The Morgan fingerprint density at radius 2 is 1.38 bits per heavy atom. The second-order valence-electron chi connectivity index (χ2n) is 6.26. The van der Waals surface area contributed by atoms with Crippen molar-refractivity contribution in [3.63, 3.8) is 0 Å². The van der Waals surface area contributed by atoms with Gasteiger partial charge in [0.05, 0.1) is 0 Å². The minimum atomic E-state index is 0.555. The number of benzene rings is 1. The van der Waals surface area contributed by atoms with Crippen LogP contribution in [0.5, 0.6) is 0 Å². The van der Waals surface area contributed by atoms with Gasteiger partial charge in [-0.1, -0.05) is 0 Å². The van der Waals surface area contributed by atoms with Crippen molar-refractivity contribution in [2.45, 2.75) is 81.8 Å². The van der Waals surface area contributed by atoms with Gasteiger partial charge in [-0.3, -0.25) is 0 Å². The van der Waals surface area contributed by atoms with E-state index in [1.807, 2.05) is 0 Å². The molecule has 0 aliphatic rings. The molecule has 0 aromatic heterocycles. The molecule has 2 heteroatoms. The molecule has 1 aromatic carbocycles. The van der Waals surface area contributed by atoms with Crippen LogP contribution in [0.15, 0.2) is 12.1 Å². The molecule has 0 heterocycles. The van der Waals surface area contributed by atoms with Crippen LogP contribution in [-0.4, -0.2) is 22.5 Å². The Balaban J connectivity index is 3.19. The predicted molar refractivity (Wildman–Crippen MR) is 104 cm³/mol. The predicted octanol–water partition coefficient (Wildman–Crippen LogP) is 5.01. The van der Waals surface area contributed by atoms with Gasteiger partial charge in [0, 0.05) is 0 Å². The molecule has 1 rings (SSSR count). The van der Waals surface area contributed by atoms with Gasteiger partial charge in [0.2, 0.25) is 0 Å². The molecule has 1 atom stereocenters. The molecule has 0 spiro atoms. The van der Waals surface area contributed by atoms with E-state index in [0.29, 0.717) is 25.8 Å². The van der Waals surface area contributed by atoms with E-state index in [4.69, 9.17) is 12.6 Å². The third kappa shape index (κ3) is 6.17. The normalized spacial score (nSPS) is 12.8. The van der Waals surface area contributed by atoms with Gasteiger partial charge in [0.15, 0.2) is 0 Å². The van der Waals surface area contributed by atoms with Gasteiger partial charge in [0.1, 0.15) is 0 Å². The summed E-state index contributed by atoms with van der Waals surface area (Å²) in [6.45, 7) is 6.90. The van der Waals surface area contributed by atoms with Crippen molar-refractivity contribution in [2.75, 3.05) is 0 Å². The molecule has 0 amide bonds. The first kappa shape index (κ1) is 19.4. The molecule has 0 saturated heterocycles. The van der Waals surface area contributed by atoms with Crippen molar-refractivity contribution in [1.29, 1.82) is 0 Å². The zero-order valence-corrected chi connectivity index (χ0v) is 21.1. The molecular weight excluding hydrogens is 379 g/mol. The fraction of sp³-hybridized carbons (Fsp3) is 0.684. The molecular formula is C19H34SSn. The third-order valence-corrected chi connectivity index (χ3v) is 6.43. The first-order chi connectivity index (χ1) is 10.2. The SMILES string of the molecule is CCCCc1ccc([CH](S)[SnH3])c(CCCC)c1CCCC. The van der Waals surface area contributed by atoms with Crippen LogP contribution < -0.4 is 0 Å². The number of hydrogen-bond acceptors (Lipinski definition) is 1. The van der Waals surface area contributed by atoms with Crippen LogP contribution in [0, 0.1) is 0 Å². The molecule has 21 heavy (non-hydrogen) atoms. The van der Waals surface area contributed by atoms with Crippen molar-refractivity contribution >= 4 is 35.2 Å². The van der Waals surface area contributed by atoms with Crippen molar-refractivity contribution in [3.8, 4) is 0 Å². The van der Waals surface area contributed by atoms with Crippen LogP contribution in [0.3, 0.4) is 0 Å². The van der Waals surface area contributed by atoms with E-state index >= 15 is 0 Å². The Kier molecular flexibility index (Phi) is 10.2. The Hall–Kier alpha value is 0.369. The van der Waals surface area contributed by atoms with Crippen LogP contribution in [0.1, 0.15) is 84.8 Å². The summed E-state index contributed by atoms with van der Waals surface area (Å²) >= 11 is 5.39.